The van der Waals surface area contributed by atoms with Gasteiger partial charge in [0.25, 0.3) is 0 Å². The molecule has 3 nitrogen and oxygen atoms in total. The van der Waals surface area contributed by atoms with Gasteiger partial charge >= 0.3 is 0 Å². The van der Waals surface area contributed by atoms with E-state index in [2.05, 4.69) is 11.5 Å². The molecule has 0 bridgehead atoms. The number of phenols is 1. The van der Waals surface area contributed by atoms with Gasteiger partial charge in [0.15, 0.2) is 0 Å². The average Bonchev–Trinajstić information content (AvgIpc) is 2.91. The van der Waals surface area contributed by atoms with Crippen molar-refractivity contribution in [1.29, 1.82) is 0 Å². The van der Waals surface area contributed by atoms with Gasteiger partial charge in [-0.15, -0.1) is 0 Å². The highest BCUT2D eigenvalue weighted by atomic mass is 19.1. The molecule has 0 fully saturated rings. The van der Waals surface area contributed by atoms with E-state index in [1.165, 1.54) is 12.1 Å². The van der Waals surface area contributed by atoms with E-state index in [0.717, 1.165) is 27.8 Å². The molecule has 4 heteroatoms. The lowest BCUT2D eigenvalue weighted by atomic mass is 9.88. The van der Waals surface area contributed by atoms with E-state index in [0.29, 0.717) is 6.61 Å². The molecule has 1 aromatic heterocycles. The molecule has 1 N–H and O–H groups in total. The molecule has 2 aromatic carbocycles. The lowest BCUT2D eigenvalue weighted by molar-refractivity contribution is -0.0444. The van der Waals surface area contributed by atoms with Crippen molar-refractivity contribution in [3.8, 4) is 11.4 Å². The van der Waals surface area contributed by atoms with Crippen molar-refractivity contribution in [3.05, 3.63) is 59.5 Å². The van der Waals surface area contributed by atoms with Crippen LogP contribution in [-0.4, -0.2) is 16.3 Å². The van der Waals surface area contributed by atoms with Crippen molar-refractivity contribution < 1.29 is 14.2 Å². The molecule has 24 heavy (non-hydrogen) atoms. The van der Waals surface area contributed by atoms with E-state index >= 15 is 0 Å². The van der Waals surface area contributed by atoms with Gasteiger partial charge in [0, 0.05) is 17.0 Å². The Hall–Kier alpha value is -2.33. The number of aromatic nitrogens is 1. The predicted octanol–water partition coefficient (Wildman–Crippen LogP) is 4.84. The quantitative estimate of drug-likeness (QED) is 0.694. The van der Waals surface area contributed by atoms with Crippen molar-refractivity contribution in [2.24, 2.45) is 0 Å². The minimum absolute atomic E-state index is 0.172. The monoisotopic (exact) mass is 325 g/mol. The number of nitrogens with zero attached hydrogens (tertiary/aromatic N) is 1. The Kier molecular flexibility index (Phi) is 3.22. The zero-order chi connectivity index (χ0) is 17.1. The molecule has 0 saturated carbocycles. The molecule has 0 spiro atoms. The van der Waals surface area contributed by atoms with Crippen molar-refractivity contribution in [2.75, 3.05) is 6.61 Å². The smallest absolute Gasteiger partial charge is 0.125 e. The normalized spacial score (nSPS) is 19.4. The van der Waals surface area contributed by atoms with Crippen molar-refractivity contribution in [2.45, 2.75) is 32.3 Å². The number of halogens is 1. The lowest BCUT2D eigenvalue weighted by Gasteiger charge is -2.35. The second-order valence-electron chi connectivity index (χ2n) is 6.97. The van der Waals surface area contributed by atoms with E-state index in [1.54, 1.807) is 18.2 Å². The molecular formula is C20H20FNO2. The molecular weight excluding hydrogens is 305 g/mol. The first-order chi connectivity index (χ1) is 11.4. The summed E-state index contributed by atoms with van der Waals surface area (Å²) in [4.78, 5) is 0. The summed E-state index contributed by atoms with van der Waals surface area (Å²) in [6.45, 7) is 6.78. The first-order valence-electron chi connectivity index (χ1n) is 8.17. The van der Waals surface area contributed by atoms with Gasteiger partial charge in [-0.2, -0.15) is 0 Å². The first kappa shape index (κ1) is 15.2. The van der Waals surface area contributed by atoms with Crippen LogP contribution in [0.2, 0.25) is 0 Å². The zero-order valence-corrected chi connectivity index (χ0v) is 14.0. The summed E-state index contributed by atoms with van der Waals surface area (Å²) in [5, 5.41) is 11.4. The zero-order valence-electron chi connectivity index (χ0n) is 14.0. The first-order valence-corrected chi connectivity index (χ1v) is 8.17. The van der Waals surface area contributed by atoms with Gasteiger partial charge in [0.2, 0.25) is 0 Å². The number of benzene rings is 2. The van der Waals surface area contributed by atoms with Crippen LogP contribution in [0.25, 0.3) is 16.6 Å². The number of hydrogen-bond acceptors (Lipinski definition) is 2. The summed E-state index contributed by atoms with van der Waals surface area (Å²) >= 11 is 0. The van der Waals surface area contributed by atoms with E-state index in [4.69, 9.17) is 4.74 Å². The summed E-state index contributed by atoms with van der Waals surface area (Å²) in [5.74, 6) is 0.176. The molecule has 0 amide bonds. The standard InChI is InChI=1S/C20H20FNO2/c1-12-11-24-20(2,3)19-17(12)18-15(5-4-6-16(18)23)22(19)14-9-7-13(21)8-10-14/h4-10,12,23H,11H2,1-3H3. The van der Waals surface area contributed by atoms with Crippen LogP contribution in [-0.2, 0) is 10.3 Å². The third-order valence-corrected chi connectivity index (χ3v) is 4.85. The molecule has 1 aliphatic rings. The molecule has 0 saturated heterocycles. The Balaban J connectivity index is 2.17. The molecule has 1 unspecified atom stereocenters. The Morgan fingerprint density at radius 2 is 1.88 bits per heavy atom. The molecule has 1 atom stereocenters. The summed E-state index contributed by atoms with van der Waals surface area (Å²) in [6, 6.07) is 12.0. The van der Waals surface area contributed by atoms with Crippen LogP contribution < -0.4 is 0 Å². The second kappa shape index (κ2) is 5.08. The van der Waals surface area contributed by atoms with Crippen molar-refractivity contribution in [3.63, 3.8) is 0 Å². The maximum Gasteiger partial charge on any atom is 0.125 e. The van der Waals surface area contributed by atoms with Crippen LogP contribution in [0.5, 0.6) is 5.75 Å². The number of phenolic OH excluding ortho intramolecular Hbond substituents is 1. The van der Waals surface area contributed by atoms with Gasteiger partial charge in [-0.25, -0.2) is 4.39 Å². The predicted molar refractivity (Wildman–Crippen MR) is 92.3 cm³/mol. The van der Waals surface area contributed by atoms with E-state index < -0.39 is 5.60 Å². The third kappa shape index (κ3) is 2.06. The van der Waals surface area contributed by atoms with Gasteiger partial charge in [0.05, 0.1) is 17.8 Å². The van der Waals surface area contributed by atoms with Gasteiger partial charge in [-0.3, -0.25) is 0 Å². The van der Waals surface area contributed by atoms with Crippen LogP contribution in [0.4, 0.5) is 4.39 Å². The second-order valence-corrected chi connectivity index (χ2v) is 6.97. The Morgan fingerprint density at radius 3 is 2.58 bits per heavy atom. The number of ether oxygens (including phenoxy) is 1. The maximum absolute atomic E-state index is 13.4. The Labute approximate surface area is 140 Å². The average molecular weight is 325 g/mol. The lowest BCUT2D eigenvalue weighted by Crippen LogP contribution is -2.33. The number of rotatable bonds is 1. The SMILES string of the molecule is CC1COC(C)(C)c2c1c1c(O)cccc1n2-c1ccc(F)cc1. The molecule has 3 aromatic rings. The minimum atomic E-state index is -0.498. The molecule has 124 valence electrons. The third-order valence-electron chi connectivity index (χ3n) is 4.85. The number of hydrogen-bond donors (Lipinski definition) is 1. The number of fused-ring (bicyclic) bond motifs is 3. The largest absolute Gasteiger partial charge is 0.507 e. The van der Waals surface area contributed by atoms with Crippen molar-refractivity contribution in [1.82, 2.24) is 4.57 Å². The summed E-state index contributed by atoms with van der Waals surface area (Å²) in [7, 11) is 0. The van der Waals surface area contributed by atoms with Crippen LogP contribution in [0, 0.1) is 5.82 Å². The highest BCUT2D eigenvalue weighted by Gasteiger charge is 2.38. The number of aromatic hydroxyl groups is 1. The molecule has 2 heterocycles. The maximum atomic E-state index is 13.4. The van der Waals surface area contributed by atoms with Crippen LogP contribution >= 0.6 is 0 Å². The Bertz CT molecular complexity index is 925. The summed E-state index contributed by atoms with van der Waals surface area (Å²) < 4.78 is 21.6. The highest BCUT2D eigenvalue weighted by molar-refractivity contribution is 5.93. The van der Waals surface area contributed by atoms with Gasteiger partial charge in [0.1, 0.15) is 17.2 Å². The van der Waals surface area contributed by atoms with Gasteiger partial charge in [-0.1, -0.05) is 13.0 Å². The van der Waals surface area contributed by atoms with E-state index in [-0.39, 0.29) is 17.5 Å². The van der Waals surface area contributed by atoms with Crippen LogP contribution in [0.3, 0.4) is 0 Å². The van der Waals surface area contributed by atoms with E-state index in [1.807, 2.05) is 26.0 Å². The minimum Gasteiger partial charge on any atom is -0.507 e. The van der Waals surface area contributed by atoms with Crippen LogP contribution in [0.1, 0.15) is 37.9 Å². The molecule has 0 aliphatic carbocycles. The molecule has 1 aliphatic heterocycles. The fraction of sp³-hybridized carbons (Fsp3) is 0.300. The van der Waals surface area contributed by atoms with Gasteiger partial charge in [-0.05, 0) is 55.8 Å². The topological polar surface area (TPSA) is 34.4 Å². The van der Waals surface area contributed by atoms with Gasteiger partial charge < -0.3 is 14.4 Å². The molecule has 4 rings (SSSR count). The summed E-state index contributed by atoms with van der Waals surface area (Å²) in [6.07, 6.45) is 0. The highest BCUT2D eigenvalue weighted by Crippen LogP contribution is 2.47. The fourth-order valence-corrected chi connectivity index (χ4v) is 3.77. The fourth-order valence-electron chi connectivity index (χ4n) is 3.77. The molecule has 0 radical (unpaired) electrons. The van der Waals surface area contributed by atoms with Crippen molar-refractivity contribution >= 4 is 10.9 Å². The Morgan fingerprint density at radius 1 is 1.17 bits per heavy atom. The van der Waals surface area contributed by atoms with Crippen LogP contribution in [0.15, 0.2) is 42.5 Å². The summed E-state index contributed by atoms with van der Waals surface area (Å²) in [5.41, 5.74) is 3.41. The van der Waals surface area contributed by atoms with E-state index in [9.17, 15) is 9.50 Å².